The zero-order valence-corrected chi connectivity index (χ0v) is 21.0. The maximum Gasteiger partial charge on any atom is 0.229 e. The molecule has 3 N–H and O–H groups in total. The Kier molecular flexibility index (Phi) is 6.55. The quantitative estimate of drug-likeness (QED) is 0.502. The minimum Gasteiger partial charge on any atom is -0.491 e. The lowest BCUT2D eigenvalue weighted by molar-refractivity contribution is 0.331. The number of hydrogen-bond acceptors (Lipinski definition) is 8. The Morgan fingerprint density at radius 1 is 1.21 bits per heavy atom. The van der Waals surface area contributed by atoms with E-state index in [1.165, 1.54) is 0 Å². The predicted molar refractivity (Wildman–Crippen MR) is 135 cm³/mol. The smallest absolute Gasteiger partial charge is 0.229 e. The number of sulfonamides is 1. The van der Waals surface area contributed by atoms with Gasteiger partial charge in [-0.05, 0) is 36.6 Å². The zero-order valence-electron chi connectivity index (χ0n) is 19.5. The third-order valence-electron chi connectivity index (χ3n) is 5.52. The molecule has 3 heterocycles. The van der Waals surface area contributed by atoms with Gasteiger partial charge in [0.2, 0.25) is 16.0 Å². The van der Waals surface area contributed by atoms with Gasteiger partial charge in [-0.25, -0.2) is 18.4 Å². The molecule has 1 aromatic carbocycles. The third kappa shape index (κ3) is 5.18. The summed E-state index contributed by atoms with van der Waals surface area (Å²) in [6.45, 7) is 7.88. The van der Waals surface area contributed by atoms with Crippen LogP contribution in [0.25, 0.3) is 11.1 Å². The van der Waals surface area contributed by atoms with Crippen molar-refractivity contribution in [3.63, 3.8) is 0 Å². The van der Waals surface area contributed by atoms with Gasteiger partial charge in [0.05, 0.1) is 18.5 Å². The van der Waals surface area contributed by atoms with Gasteiger partial charge in [-0.3, -0.25) is 4.72 Å². The molecule has 0 bridgehead atoms. The lowest BCUT2D eigenvalue weighted by atomic mass is 10.0. The zero-order chi connectivity index (χ0) is 24.6. The van der Waals surface area contributed by atoms with Gasteiger partial charge in [0, 0.05) is 35.1 Å². The van der Waals surface area contributed by atoms with Crippen LogP contribution in [0.3, 0.4) is 0 Å². The number of ether oxygens (including phenoxy) is 1. The summed E-state index contributed by atoms with van der Waals surface area (Å²) in [5, 5.41) is 0.0800. The van der Waals surface area contributed by atoms with E-state index in [1.54, 1.807) is 12.3 Å². The molecule has 0 fully saturated rings. The Balaban J connectivity index is 1.73. The van der Waals surface area contributed by atoms with Gasteiger partial charge in [0.15, 0.2) is 5.15 Å². The lowest BCUT2D eigenvalue weighted by Crippen LogP contribution is -2.28. The minimum absolute atomic E-state index is 0.0800. The van der Waals surface area contributed by atoms with Crippen LogP contribution in [0.15, 0.2) is 30.5 Å². The Morgan fingerprint density at radius 3 is 2.68 bits per heavy atom. The highest BCUT2D eigenvalue weighted by molar-refractivity contribution is 7.92. The van der Waals surface area contributed by atoms with Crippen LogP contribution >= 0.6 is 11.6 Å². The molecule has 0 saturated heterocycles. The van der Waals surface area contributed by atoms with Crippen molar-refractivity contribution in [1.29, 1.82) is 0 Å². The molecule has 1 aliphatic heterocycles. The van der Waals surface area contributed by atoms with Crippen molar-refractivity contribution < 1.29 is 13.2 Å². The van der Waals surface area contributed by atoms with Crippen LogP contribution in [0.5, 0.6) is 5.75 Å². The van der Waals surface area contributed by atoms with E-state index in [1.807, 2.05) is 25.1 Å². The average molecular weight is 503 g/mol. The number of hydrogen-bond donors (Lipinski definition) is 2. The molecule has 180 valence electrons. The van der Waals surface area contributed by atoms with Gasteiger partial charge < -0.3 is 15.4 Å². The van der Waals surface area contributed by atoms with Crippen LogP contribution in [0.4, 0.5) is 17.5 Å². The van der Waals surface area contributed by atoms with E-state index >= 15 is 0 Å². The normalized spacial score (nSPS) is 13.9. The lowest BCUT2D eigenvalue weighted by Gasteiger charge is -2.26. The second-order valence-electron chi connectivity index (χ2n) is 8.59. The number of nitrogen functional groups attached to an aromatic ring is 1. The molecule has 0 unspecified atom stereocenters. The number of nitrogens with zero attached hydrogens (tertiary/aromatic N) is 4. The molecule has 11 heteroatoms. The number of fused-ring (bicyclic) bond motifs is 1. The molecule has 0 atom stereocenters. The molecule has 0 amide bonds. The molecule has 34 heavy (non-hydrogen) atoms. The van der Waals surface area contributed by atoms with Crippen molar-refractivity contribution in [1.82, 2.24) is 15.0 Å². The molecule has 9 nitrogen and oxygen atoms in total. The highest BCUT2D eigenvalue weighted by Crippen LogP contribution is 2.35. The molecule has 0 spiro atoms. The standard InChI is InChI=1S/C23H27ClN6O3S/c1-13(2)20-14(3)27-23(25)28-22(20)30-7-8-33-19-6-5-15(9-17(19)12-30)16-10-18(21(24)26-11-16)29-34(4,31)32/h5-6,9-11,13,29H,7-8,12H2,1-4H3,(H2,25,27,28). The molecule has 2 aromatic heterocycles. The molecular weight excluding hydrogens is 476 g/mol. The number of aromatic nitrogens is 3. The fourth-order valence-corrected chi connectivity index (χ4v) is 4.90. The van der Waals surface area contributed by atoms with E-state index in [2.05, 4.69) is 38.4 Å². The molecule has 0 aliphatic carbocycles. The summed E-state index contributed by atoms with van der Waals surface area (Å²) in [4.78, 5) is 15.2. The fraction of sp³-hybridized carbons (Fsp3) is 0.348. The summed E-state index contributed by atoms with van der Waals surface area (Å²) < 4.78 is 31.8. The summed E-state index contributed by atoms with van der Waals surface area (Å²) in [5.74, 6) is 2.07. The maximum absolute atomic E-state index is 11.7. The predicted octanol–water partition coefficient (Wildman–Crippen LogP) is 3.98. The number of nitrogens with one attached hydrogen (secondary N) is 1. The Hall–Kier alpha value is -3.11. The number of benzene rings is 1. The first-order valence-corrected chi connectivity index (χ1v) is 13.1. The van der Waals surface area contributed by atoms with Crippen molar-refractivity contribution in [3.05, 3.63) is 52.4 Å². The van der Waals surface area contributed by atoms with Crippen LogP contribution in [-0.4, -0.2) is 42.8 Å². The molecule has 3 aromatic rings. The van der Waals surface area contributed by atoms with Crippen LogP contribution in [0.1, 0.15) is 36.6 Å². The fourth-order valence-electron chi connectivity index (χ4n) is 4.14. The van der Waals surface area contributed by atoms with Gasteiger partial charge in [-0.15, -0.1) is 0 Å². The summed E-state index contributed by atoms with van der Waals surface area (Å²) in [6, 6.07) is 7.50. The molecule has 0 radical (unpaired) electrons. The molecule has 0 saturated carbocycles. The summed E-state index contributed by atoms with van der Waals surface area (Å²) in [7, 11) is -3.50. The second-order valence-corrected chi connectivity index (χ2v) is 10.7. The first kappa shape index (κ1) is 24.0. The van der Waals surface area contributed by atoms with Gasteiger partial charge >= 0.3 is 0 Å². The van der Waals surface area contributed by atoms with Crippen LogP contribution in [0.2, 0.25) is 5.15 Å². The molecule has 4 rings (SSSR count). The van der Waals surface area contributed by atoms with E-state index in [0.29, 0.717) is 19.7 Å². The summed E-state index contributed by atoms with van der Waals surface area (Å²) >= 11 is 6.09. The van der Waals surface area contributed by atoms with Crippen LogP contribution < -0.4 is 20.1 Å². The number of aryl methyl sites for hydroxylation is 1. The van der Waals surface area contributed by atoms with Gasteiger partial charge in [0.25, 0.3) is 0 Å². The topological polar surface area (TPSA) is 123 Å². The van der Waals surface area contributed by atoms with Gasteiger partial charge in [0.1, 0.15) is 18.2 Å². The Bertz CT molecular complexity index is 1350. The number of anilines is 3. The highest BCUT2D eigenvalue weighted by atomic mass is 35.5. The number of nitrogens with two attached hydrogens (primary N) is 1. The van der Waals surface area contributed by atoms with Crippen molar-refractivity contribution >= 4 is 39.1 Å². The highest BCUT2D eigenvalue weighted by Gasteiger charge is 2.23. The number of pyridine rings is 1. The summed E-state index contributed by atoms with van der Waals surface area (Å²) in [5.41, 5.74) is 10.7. The SMILES string of the molecule is Cc1nc(N)nc(N2CCOc3ccc(-c4cnc(Cl)c(NS(C)(=O)=O)c4)cc3C2)c1C(C)C. The Labute approximate surface area is 204 Å². The first-order chi connectivity index (χ1) is 16.0. The van der Waals surface area contributed by atoms with E-state index in [0.717, 1.165) is 45.8 Å². The van der Waals surface area contributed by atoms with Gasteiger partial charge in [-0.1, -0.05) is 31.5 Å². The number of rotatable bonds is 5. The first-order valence-electron chi connectivity index (χ1n) is 10.8. The Morgan fingerprint density at radius 2 is 1.97 bits per heavy atom. The van der Waals surface area contributed by atoms with Crippen molar-refractivity contribution in [2.75, 3.05) is 34.8 Å². The monoisotopic (exact) mass is 502 g/mol. The van der Waals surface area contributed by atoms with Crippen molar-refractivity contribution in [2.24, 2.45) is 0 Å². The maximum atomic E-state index is 11.7. The average Bonchev–Trinajstić information content (AvgIpc) is 2.95. The van der Waals surface area contributed by atoms with Gasteiger partial charge in [-0.2, -0.15) is 4.98 Å². The molecule has 1 aliphatic rings. The second kappa shape index (κ2) is 9.27. The third-order valence-corrected chi connectivity index (χ3v) is 6.41. The summed E-state index contributed by atoms with van der Waals surface area (Å²) in [6.07, 6.45) is 2.68. The van der Waals surface area contributed by atoms with Crippen molar-refractivity contribution in [3.8, 4) is 16.9 Å². The van der Waals surface area contributed by atoms with E-state index in [9.17, 15) is 8.42 Å². The van der Waals surface area contributed by atoms with E-state index in [-0.39, 0.29) is 22.7 Å². The van der Waals surface area contributed by atoms with E-state index in [4.69, 9.17) is 22.1 Å². The van der Waals surface area contributed by atoms with Crippen molar-refractivity contribution in [2.45, 2.75) is 33.2 Å². The minimum atomic E-state index is -3.50. The number of halogens is 1. The largest absolute Gasteiger partial charge is 0.491 e. The van der Waals surface area contributed by atoms with Crippen LogP contribution in [0, 0.1) is 6.92 Å². The van der Waals surface area contributed by atoms with Crippen LogP contribution in [-0.2, 0) is 16.6 Å². The van der Waals surface area contributed by atoms with E-state index < -0.39 is 10.0 Å². The molecular formula is C23H27ClN6O3S.